The van der Waals surface area contributed by atoms with Gasteiger partial charge in [-0.15, -0.1) is 0 Å². The highest BCUT2D eigenvalue weighted by Crippen LogP contribution is 2.32. The number of hydrazone groups is 1. The van der Waals surface area contributed by atoms with E-state index in [4.69, 9.17) is 0 Å². The fourth-order valence-corrected chi connectivity index (χ4v) is 1.97. The molecule has 0 amide bonds. The Labute approximate surface area is 110 Å². The fourth-order valence-electron chi connectivity index (χ4n) is 1.97. The molecule has 3 nitrogen and oxygen atoms in total. The molecule has 0 spiro atoms. The minimum absolute atomic E-state index is 0.0663. The highest BCUT2D eigenvalue weighted by Gasteiger charge is 2.31. The molecule has 0 saturated heterocycles. The Kier molecular flexibility index (Phi) is 4.09. The number of nitrogens with one attached hydrogen (secondary N) is 1. The van der Waals surface area contributed by atoms with Crippen molar-refractivity contribution in [3.8, 4) is 0 Å². The summed E-state index contributed by atoms with van der Waals surface area (Å²) < 4.78 is 38.0. The Morgan fingerprint density at radius 3 is 2.89 bits per heavy atom. The van der Waals surface area contributed by atoms with Crippen LogP contribution in [0, 0.1) is 0 Å². The number of benzene rings is 1. The van der Waals surface area contributed by atoms with E-state index in [1.54, 1.807) is 17.3 Å². The third-order valence-electron chi connectivity index (χ3n) is 2.90. The molecule has 1 aliphatic rings. The minimum Gasteiger partial charge on any atom is -0.295 e. The lowest BCUT2D eigenvalue weighted by atomic mass is 10.2. The average molecular weight is 271 g/mol. The minimum atomic E-state index is -4.33. The molecule has 104 valence electrons. The zero-order valence-corrected chi connectivity index (χ0v) is 10.6. The van der Waals surface area contributed by atoms with Gasteiger partial charge in [0.1, 0.15) is 6.17 Å². The van der Waals surface area contributed by atoms with Crippen molar-refractivity contribution in [2.75, 3.05) is 11.6 Å². The Hall–Kier alpha value is -1.56. The van der Waals surface area contributed by atoms with Crippen LogP contribution in [0.15, 0.2) is 29.4 Å². The topological polar surface area (TPSA) is 27.6 Å². The van der Waals surface area contributed by atoms with Gasteiger partial charge in [-0.3, -0.25) is 5.32 Å². The van der Waals surface area contributed by atoms with Gasteiger partial charge in [-0.05, 0) is 31.2 Å². The highest BCUT2D eigenvalue weighted by molar-refractivity contribution is 5.66. The van der Waals surface area contributed by atoms with E-state index in [0.717, 1.165) is 25.1 Å². The summed E-state index contributed by atoms with van der Waals surface area (Å²) in [4.78, 5) is 0. The maximum absolute atomic E-state index is 12.7. The molecule has 1 atom stereocenters. The molecule has 1 unspecified atom stereocenters. The molecule has 0 aromatic heterocycles. The molecule has 1 aromatic carbocycles. The van der Waals surface area contributed by atoms with Crippen molar-refractivity contribution >= 4 is 11.9 Å². The van der Waals surface area contributed by atoms with Crippen molar-refractivity contribution < 1.29 is 13.2 Å². The molecule has 2 rings (SSSR count). The van der Waals surface area contributed by atoms with Gasteiger partial charge in [0.05, 0.1) is 11.3 Å². The molecule has 1 heterocycles. The molecule has 6 heteroatoms. The summed E-state index contributed by atoms with van der Waals surface area (Å²) in [5.41, 5.74) is -0.196. The number of nitrogens with zero attached hydrogens (tertiary/aromatic N) is 2. The summed E-state index contributed by atoms with van der Waals surface area (Å²) >= 11 is 0. The van der Waals surface area contributed by atoms with Crippen molar-refractivity contribution in [1.29, 1.82) is 0 Å². The Morgan fingerprint density at radius 1 is 1.42 bits per heavy atom. The first-order valence-electron chi connectivity index (χ1n) is 6.24. The fraction of sp³-hybridized carbons (Fsp3) is 0.462. The van der Waals surface area contributed by atoms with Crippen molar-refractivity contribution in [3.63, 3.8) is 0 Å². The quantitative estimate of drug-likeness (QED) is 0.910. The predicted molar refractivity (Wildman–Crippen MR) is 69.1 cm³/mol. The zero-order valence-electron chi connectivity index (χ0n) is 10.6. The van der Waals surface area contributed by atoms with Gasteiger partial charge < -0.3 is 0 Å². The smallest absolute Gasteiger partial charge is 0.295 e. The van der Waals surface area contributed by atoms with Crippen LogP contribution in [0.25, 0.3) is 0 Å². The van der Waals surface area contributed by atoms with E-state index in [2.05, 4.69) is 10.4 Å². The number of rotatable bonds is 4. The van der Waals surface area contributed by atoms with E-state index in [1.165, 1.54) is 6.07 Å². The van der Waals surface area contributed by atoms with Gasteiger partial charge in [-0.1, -0.05) is 13.0 Å². The maximum Gasteiger partial charge on any atom is 0.416 e. The molecule has 1 N–H and O–H groups in total. The molecule has 1 aliphatic heterocycles. The second-order valence-electron chi connectivity index (χ2n) is 4.40. The first-order chi connectivity index (χ1) is 9.02. The normalized spacial score (nSPS) is 19.2. The molecule has 0 bridgehead atoms. The van der Waals surface area contributed by atoms with Crippen molar-refractivity contribution in [1.82, 2.24) is 5.32 Å². The lowest BCUT2D eigenvalue weighted by Gasteiger charge is -2.25. The van der Waals surface area contributed by atoms with Crippen LogP contribution in [0.4, 0.5) is 18.9 Å². The second kappa shape index (κ2) is 5.61. The van der Waals surface area contributed by atoms with Crippen LogP contribution in [0.2, 0.25) is 0 Å². The average Bonchev–Trinajstić information content (AvgIpc) is 2.83. The van der Waals surface area contributed by atoms with Gasteiger partial charge in [-0.2, -0.15) is 18.3 Å². The molecule has 19 heavy (non-hydrogen) atoms. The molecular formula is C13H16F3N3. The largest absolute Gasteiger partial charge is 0.416 e. The molecular weight excluding hydrogens is 255 g/mol. The number of hydrogen-bond donors (Lipinski definition) is 1. The summed E-state index contributed by atoms with van der Waals surface area (Å²) in [6.07, 6.45) is -1.02. The van der Waals surface area contributed by atoms with Crippen LogP contribution in [0.5, 0.6) is 0 Å². The van der Waals surface area contributed by atoms with Gasteiger partial charge in [0.15, 0.2) is 0 Å². The van der Waals surface area contributed by atoms with Gasteiger partial charge in [-0.25, -0.2) is 5.01 Å². The van der Waals surface area contributed by atoms with Gasteiger partial charge in [0, 0.05) is 12.6 Å². The van der Waals surface area contributed by atoms with E-state index in [0.29, 0.717) is 12.1 Å². The third kappa shape index (κ3) is 3.26. The zero-order chi connectivity index (χ0) is 13.9. The summed E-state index contributed by atoms with van der Waals surface area (Å²) in [6.45, 7) is 2.85. The van der Waals surface area contributed by atoms with Crippen LogP contribution in [0.1, 0.15) is 25.3 Å². The van der Waals surface area contributed by atoms with Crippen molar-refractivity contribution in [3.05, 3.63) is 29.8 Å². The van der Waals surface area contributed by atoms with E-state index in [9.17, 15) is 13.2 Å². The Balaban J connectivity index is 2.19. The van der Waals surface area contributed by atoms with Crippen molar-refractivity contribution in [2.45, 2.75) is 32.1 Å². The molecule has 0 fully saturated rings. The van der Waals surface area contributed by atoms with Gasteiger partial charge in [0.25, 0.3) is 0 Å². The SMILES string of the molecule is CCCNC1CC=NN1c1cccc(C(F)(F)F)c1. The van der Waals surface area contributed by atoms with E-state index < -0.39 is 11.7 Å². The number of hydrogen-bond acceptors (Lipinski definition) is 3. The van der Waals surface area contributed by atoms with E-state index >= 15 is 0 Å². The van der Waals surface area contributed by atoms with Crippen LogP contribution in [0.3, 0.4) is 0 Å². The number of alkyl halides is 3. The van der Waals surface area contributed by atoms with Crippen LogP contribution < -0.4 is 10.3 Å². The van der Waals surface area contributed by atoms with Gasteiger partial charge in [0.2, 0.25) is 0 Å². The second-order valence-corrected chi connectivity index (χ2v) is 4.40. The van der Waals surface area contributed by atoms with E-state index in [-0.39, 0.29) is 6.17 Å². The number of anilines is 1. The monoisotopic (exact) mass is 271 g/mol. The molecule has 0 saturated carbocycles. The van der Waals surface area contributed by atoms with Crippen LogP contribution in [-0.2, 0) is 6.18 Å². The molecule has 0 aliphatic carbocycles. The van der Waals surface area contributed by atoms with Crippen LogP contribution in [-0.4, -0.2) is 18.9 Å². The first-order valence-corrected chi connectivity index (χ1v) is 6.24. The maximum atomic E-state index is 12.7. The van der Waals surface area contributed by atoms with Crippen LogP contribution >= 0.6 is 0 Å². The first kappa shape index (κ1) is 13.9. The summed E-state index contributed by atoms with van der Waals surface area (Å²) in [5.74, 6) is 0. The third-order valence-corrected chi connectivity index (χ3v) is 2.90. The standard InChI is InChI=1S/C13H16F3N3/c1-2-7-17-12-6-8-18-19(12)11-5-3-4-10(9-11)13(14,15)16/h3-5,8-9,12,17H,2,6-7H2,1H3. The predicted octanol–water partition coefficient (Wildman–Crippen LogP) is 3.23. The Bertz CT molecular complexity index is 457. The summed E-state index contributed by atoms with van der Waals surface area (Å²) in [6, 6.07) is 5.24. The molecule has 1 aromatic rings. The number of halogens is 3. The lowest BCUT2D eigenvalue weighted by molar-refractivity contribution is -0.137. The summed E-state index contributed by atoms with van der Waals surface area (Å²) in [7, 11) is 0. The van der Waals surface area contributed by atoms with Crippen molar-refractivity contribution in [2.24, 2.45) is 5.10 Å². The highest BCUT2D eigenvalue weighted by atomic mass is 19.4. The lowest BCUT2D eigenvalue weighted by Crippen LogP contribution is -2.40. The van der Waals surface area contributed by atoms with Gasteiger partial charge >= 0.3 is 6.18 Å². The Morgan fingerprint density at radius 2 is 2.21 bits per heavy atom. The van der Waals surface area contributed by atoms with E-state index in [1.807, 2.05) is 6.92 Å². The molecule has 0 radical (unpaired) electrons. The summed E-state index contributed by atoms with van der Waals surface area (Å²) in [5, 5.41) is 9.00.